The number of aryl methyl sites for hydroxylation is 1. The third-order valence-corrected chi connectivity index (χ3v) is 11.5. The Labute approximate surface area is 341 Å². The van der Waals surface area contributed by atoms with Crippen molar-refractivity contribution in [2.24, 2.45) is 0 Å². The minimum Gasteiger partial charge on any atom is -0.506 e. The number of β-lactam (4-membered cyclic amide) rings is 1. The molecule has 2 aromatic heterocycles. The molecule has 0 radical (unpaired) electrons. The second-order valence-electron chi connectivity index (χ2n) is 14.3. The van der Waals surface area contributed by atoms with Gasteiger partial charge in [-0.3, -0.25) is 19.2 Å². The van der Waals surface area contributed by atoms with E-state index in [-0.39, 0.29) is 47.5 Å². The molecule has 4 atom stereocenters. The number of amides is 4. The van der Waals surface area contributed by atoms with E-state index >= 15 is 0 Å². The van der Waals surface area contributed by atoms with Crippen molar-refractivity contribution in [3.63, 3.8) is 0 Å². The van der Waals surface area contributed by atoms with Gasteiger partial charge in [-0.05, 0) is 61.7 Å². The van der Waals surface area contributed by atoms with E-state index in [4.69, 9.17) is 14.2 Å². The van der Waals surface area contributed by atoms with Crippen molar-refractivity contribution in [2.45, 2.75) is 61.9 Å². The number of ether oxygens (including phenoxy) is 3. The van der Waals surface area contributed by atoms with Gasteiger partial charge in [0.05, 0.1) is 5.39 Å². The van der Waals surface area contributed by atoms with Gasteiger partial charge < -0.3 is 40.2 Å². The summed E-state index contributed by atoms with van der Waals surface area (Å²) >= 11 is 1.17. The predicted molar refractivity (Wildman–Crippen MR) is 212 cm³/mol. The molecule has 0 spiro atoms. The predicted octanol–water partition coefficient (Wildman–Crippen LogP) is 4.19. The molecule has 0 saturated carbocycles. The zero-order valence-corrected chi connectivity index (χ0v) is 32.7. The second-order valence-corrected chi connectivity index (χ2v) is 16.0. The number of hydrogen-bond acceptors (Lipinski definition) is 13. The molecule has 0 aliphatic carbocycles. The number of carbonyl (C=O) groups excluding carboxylic acids is 6. The summed E-state index contributed by atoms with van der Waals surface area (Å²) in [5.41, 5.74) is 0.153. The summed E-state index contributed by atoms with van der Waals surface area (Å²) in [7, 11) is 0. The normalized spacial score (nSPS) is 19.4. The standard InChI is InChI=1S/C42H38N6O10S/c1-24-14-19-29-32(50)30(20-43-34(29)45-24)35(51)46-31(27-15-17-28(18-16-27)58-40(55)57-22-26-12-8-5-9-13-26)36(52)47-42(44-23-49)38(54)48-33(41(2,3)59-39(42)48)37(53)56-21-25-10-6-4-7-11-25/h4-20,23,31,33,39H,21-22H2,1-3H3,(H,44,49)(H,46,51)(H,47,52)(H,43,45,50)/t31?,33-,39+,42+/m0/s1. The number of hydrogen-bond donors (Lipinski definition) is 4. The molecular formula is C42H38N6O10S. The molecule has 4 heterocycles. The summed E-state index contributed by atoms with van der Waals surface area (Å²) < 4.78 is 15.2. The summed E-state index contributed by atoms with van der Waals surface area (Å²) in [5.74, 6) is -3.70. The lowest BCUT2D eigenvalue weighted by Crippen LogP contribution is -2.85. The van der Waals surface area contributed by atoms with Gasteiger partial charge in [0.15, 0.2) is 5.65 Å². The second kappa shape index (κ2) is 16.5. The van der Waals surface area contributed by atoms with Crippen LogP contribution in [0.15, 0.2) is 103 Å². The molecule has 7 rings (SSSR count). The molecule has 302 valence electrons. The highest BCUT2D eigenvalue weighted by Crippen LogP contribution is 2.54. The number of esters is 1. The molecule has 4 N–H and O–H groups in total. The number of nitrogens with one attached hydrogen (secondary N) is 3. The number of thioether (sulfide) groups is 1. The van der Waals surface area contributed by atoms with Gasteiger partial charge in [-0.25, -0.2) is 19.6 Å². The minimum atomic E-state index is -2.04. The monoisotopic (exact) mass is 818 g/mol. The zero-order chi connectivity index (χ0) is 41.9. The van der Waals surface area contributed by atoms with E-state index in [9.17, 15) is 33.9 Å². The molecule has 2 saturated heterocycles. The molecule has 2 fully saturated rings. The maximum atomic E-state index is 14.4. The number of aromatic nitrogens is 2. The van der Waals surface area contributed by atoms with Crippen LogP contribution in [0, 0.1) is 6.92 Å². The van der Waals surface area contributed by atoms with E-state index in [0.29, 0.717) is 5.69 Å². The molecule has 1 unspecified atom stereocenters. The summed E-state index contributed by atoms with van der Waals surface area (Å²) in [6.45, 7) is 5.17. The highest BCUT2D eigenvalue weighted by Gasteiger charge is 2.73. The molecule has 17 heteroatoms. The molecule has 2 aliphatic heterocycles. The average Bonchev–Trinajstić information content (AvgIpc) is 3.50. The Morgan fingerprint density at radius 1 is 0.915 bits per heavy atom. The van der Waals surface area contributed by atoms with Crippen LogP contribution in [0.3, 0.4) is 0 Å². The van der Waals surface area contributed by atoms with Gasteiger partial charge in [-0.1, -0.05) is 72.8 Å². The van der Waals surface area contributed by atoms with Crippen molar-refractivity contribution >= 4 is 59.1 Å². The van der Waals surface area contributed by atoms with E-state index in [0.717, 1.165) is 17.3 Å². The number of carbonyl (C=O) groups is 6. The topological polar surface area (TPSA) is 215 Å². The maximum Gasteiger partial charge on any atom is 0.514 e. The van der Waals surface area contributed by atoms with E-state index in [1.54, 1.807) is 81.4 Å². The summed E-state index contributed by atoms with van der Waals surface area (Å²) in [6.07, 6.45) is 0.390. The smallest absolute Gasteiger partial charge is 0.506 e. The molecule has 3 aromatic carbocycles. The van der Waals surface area contributed by atoms with Gasteiger partial charge >= 0.3 is 12.1 Å². The van der Waals surface area contributed by atoms with Crippen LogP contribution in [-0.2, 0) is 41.9 Å². The van der Waals surface area contributed by atoms with Crippen LogP contribution in [0.5, 0.6) is 11.5 Å². The first-order valence-corrected chi connectivity index (χ1v) is 19.2. The minimum absolute atomic E-state index is 0.0308. The van der Waals surface area contributed by atoms with Crippen LogP contribution in [0.2, 0.25) is 0 Å². The third kappa shape index (κ3) is 8.09. The quantitative estimate of drug-likeness (QED) is 0.0432. The summed E-state index contributed by atoms with van der Waals surface area (Å²) in [4.78, 5) is 90.2. The Kier molecular flexibility index (Phi) is 11.2. The first-order chi connectivity index (χ1) is 28.3. The van der Waals surface area contributed by atoms with Crippen molar-refractivity contribution in [1.82, 2.24) is 30.8 Å². The van der Waals surface area contributed by atoms with Gasteiger partial charge in [0, 0.05) is 16.6 Å². The van der Waals surface area contributed by atoms with Crippen LogP contribution in [-0.4, -0.2) is 78.1 Å². The van der Waals surface area contributed by atoms with Gasteiger partial charge in [0.1, 0.15) is 47.7 Å². The molecule has 59 heavy (non-hydrogen) atoms. The fourth-order valence-electron chi connectivity index (χ4n) is 6.90. The number of fused-ring (bicyclic) bond motifs is 2. The highest BCUT2D eigenvalue weighted by atomic mass is 32.2. The first kappa shape index (κ1) is 40.2. The Hall–Kier alpha value is -7.01. The fourth-order valence-corrected chi connectivity index (χ4v) is 8.55. The van der Waals surface area contributed by atoms with Crippen molar-refractivity contribution < 1.29 is 48.1 Å². The number of rotatable bonds is 13. The Morgan fingerprint density at radius 2 is 1.56 bits per heavy atom. The first-order valence-electron chi connectivity index (χ1n) is 18.3. The van der Waals surface area contributed by atoms with Crippen LogP contribution in [0.25, 0.3) is 11.0 Å². The third-order valence-electron chi connectivity index (χ3n) is 9.84. The number of aromatic hydroxyl groups is 1. The van der Waals surface area contributed by atoms with Gasteiger partial charge in [0.25, 0.3) is 11.8 Å². The summed E-state index contributed by atoms with van der Waals surface area (Å²) in [6, 6.07) is 24.1. The zero-order valence-electron chi connectivity index (χ0n) is 31.9. The van der Waals surface area contributed by atoms with Crippen molar-refractivity contribution in [2.75, 3.05) is 0 Å². The lowest BCUT2D eigenvalue weighted by molar-refractivity contribution is -0.174. The van der Waals surface area contributed by atoms with Crippen molar-refractivity contribution in [3.8, 4) is 11.5 Å². The van der Waals surface area contributed by atoms with Gasteiger partial charge in [-0.2, -0.15) is 0 Å². The summed E-state index contributed by atoms with van der Waals surface area (Å²) in [5, 5.41) is 18.0. The average molecular weight is 819 g/mol. The SMILES string of the molecule is Cc1ccc2c(O)c(C(=O)NC(C(=O)N[C@]3(NC=O)C(=O)N4[C@@H](C(=O)OCc5ccccc5)C(C)(C)S[C@@H]43)c3ccc(OC(=O)OCc4ccccc4)cc3)cnc2n1. The van der Waals surface area contributed by atoms with Crippen molar-refractivity contribution in [3.05, 3.63) is 131 Å². The lowest BCUT2D eigenvalue weighted by atomic mass is 9.90. The van der Waals surface area contributed by atoms with E-state index < -0.39 is 63.5 Å². The fraction of sp³-hybridized carbons (Fsp3) is 0.238. The number of pyridine rings is 2. The van der Waals surface area contributed by atoms with Crippen LogP contribution >= 0.6 is 11.8 Å². The molecular weight excluding hydrogens is 781 g/mol. The maximum absolute atomic E-state index is 14.4. The molecule has 4 amide bonds. The highest BCUT2D eigenvalue weighted by molar-refractivity contribution is 8.01. The largest absolute Gasteiger partial charge is 0.514 e. The molecule has 16 nitrogen and oxygen atoms in total. The lowest BCUT2D eigenvalue weighted by Gasteiger charge is -2.52. The van der Waals surface area contributed by atoms with Crippen molar-refractivity contribution in [1.29, 1.82) is 0 Å². The van der Waals surface area contributed by atoms with Gasteiger partial charge in [-0.15, -0.1) is 11.8 Å². The molecule has 2 aliphatic rings. The Balaban J connectivity index is 1.14. The van der Waals surface area contributed by atoms with E-state index in [1.165, 1.54) is 40.9 Å². The van der Waals surface area contributed by atoms with Crippen LogP contribution < -0.4 is 20.7 Å². The molecule has 5 aromatic rings. The Morgan fingerprint density at radius 3 is 2.20 bits per heavy atom. The van der Waals surface area contributed by atoms with E-state index in [1.807, 2.05) is 12.1 Å². The Bertz CT molecular complexity index is 2440. The van der Waals surface area contributed by atoms with Gasteiger partial charge in [0.2, 0.25) is 18.0 Å². The number of benzene rings is 3. The van der Waals surface area contributed by atoms with E-state index in [2.05, 4.69) is 25.9 Å². The van der Waals surface area contributed by atoms with Crippen LogP contribution in [0.4, 0.5) is 4.79 Å². The van der Waals surface area contributed by atoms with Crippen LogP contribution in [0.1, 0.15) is 52.6 Å². The molecule has 0 bridgehead atoms. The number of nitrogens with zero attached hydrogens (tertiary/aromatic N) is 3.